The first kappa shape index (κ1) is 10.6. The zero-order chi connectivity index (χ0) is 11.2. The minimum absolute atomic E-state index is 0.600. The first-order chi connectivity index (χ1) is 7.86. The molecule has 0 saturated heterocycles. The van der Waals surface area contributed by atoms with Gasteiger partial charge >= 0.3 is 0 Å². The first-order valence-electron chi connectivity index (χ1n) is 5.30. The molecule has 3 heteroatoms. The summed E-state index contributed by atoms with van der Waals surface area (Å²) in [5.41, 5.74) is 8.06. The van der Waals surface area contributed by atoms with Gasteiger partial charge in [-0.2, -0.15) is 0 Å². The van der Waals surface area contributed by atoms with Crippen molar-refractivity contribution in [3.63, 3.8) is 0 Å². The third-order valence-corrected chi connectivity index (χ3v) is 2.41. The molecule has 0 unspecified atom stereocenters. The predicted octanol–water partition coefficient (Wildman–Crippen LogP) is 1.95. The molecule has 2 rings (SSSR count). The second kappa shape index (κ2) is 5.28. The van der Waals surface area contributed by atoms with Crippen LogP contribution in [-0.2, 0) is 13.1 Å². The Balaban J connectivity index is 1.87. The van der Waals surface area contributed by atoms with Gasteiger partial charge in [0.25, 0.3) is 0 Å². The maximum Gasteiger partial charge on any atom is 0.127 e. The van der Waals surface area contributed by atoms with E-state index in [0.717, 1.165) is 18.7 Å². The van der Waals surface area contributed by atoms with Crippen LogP contribution in [0.4, 0.5) is 5.82 Å². The van der Waals surface area contributed by atoms with Crippen LogP contribution < -0.4 is 11.1 Å². The average molecular weight is 213 g/mol. The van der Waals surface area contributed by atoms with E-state index in [1.807, 2.05) is 30.3 Å². The standard InChI is InChI=1S/C13H15N3/c14-13-12(7-4-8-16-13)10-15-9-11-5-2-1-3-6-11/h1-8,15H,9-10H2,(H2,14,16). The van der Waals surface area contributed by atoms with Crippen molar-refractivity contribution in [3.8, 4) is 0 Å². The van der Waals surface area contributed by atoms with E-state index < -0.39 is 0 Å². The van der Waals surface area contributed by atoms with Gasteiger partial charge in [-0.25, -0.2) is 4.98 Å². The minimum Gasteiger partial charge on any atom is -0.383 e. The molecule has 1 aromatic carbocycles. The van der Waals surface area contributed by atoms with Gasteiger partial charge in [-0.15, -0.1) is 0 Å². The number of hydrogen-bond acceptors (Lipinski definition) is 3. The highest BCUT2D eigenvalue weighted by Crippen LogP contribution is 2.06. The van der Waals surface area contributed by atoms with Gasteiger partial charge in [0.05, 0.1) is 0 Å². The highest BCUT2D eigenvalue weighted by atomic mass is 14.9. The average Bonchev–Trinajstić information content (AvgIpc) is 2.33. The van der Waals surface area contributed by atoms with E-state index in [-0.39, 0.29) is 0 Å². The van der Waals surface area contributed by atoms with Crippen LogP contribution in [0.2, 0.25) is 0 Å². The van der Waals surface area contributed by atoms with Crippen molar-refractivity contribution in [2.75, 3.05) is 5.73 Å². The Morgan fingerprint density at radius 3 is 2.56 bits per heavy atom. The van der Waals surface area contributed by atoms with Crippen LogP contribution in [0, 0.1) is 0 Å². The molecule has 0 spiro atoms. The molecular formula is C13H15N3. The number of nitrogen functional groups attached to an aromatic ring is 1. The highest BCUT2D eigenvalue weighted by Gasteiger charge is 1.98. The molecule has 2 aromatic rings. The highest BCUT2D eigenvalue weighted by molar-refractivity contribution is 5.38. The topological polar surface area (TPSA) is 50.9 Å². The van der Waals surface area contributed by atoms with E-state index >= 15 is 0 Å². The molecule has 3 nitrogen and oxygen atoms in total. The van der Waals surface area contributed by atoms with E-state index in [4.69, 9.17) is 5.73 Å². The van der Waals surface area contributed by atoms with Crippen molar-refractivity contribution in [1.82, 2.24) is 10.3 Å². The van der Waals surface area contributed by atoms with E-state index in [1.54, 1.807) is 6.20 Å². The molecule has 0 aliphatic heterocycles. The van der Waals surface area contributed by atoms with Crippen LogP contribution in [0.3, 0.4) is 0 Å². The number of rotatable bonds is 4. The van der Waals surface area contributed by atoms with Gasteiger partial charge in [-0.3, -0.25) is 0 Å². The molecule has 1 heterocycles. The SMILES string of the molecule is Nc1ncccc1CNCc1ccccc1. The summed E-state index contributed by atoms with van der Waals surface area (Å²) in [7, 11) is 0. The Kier molecular flexibility index (Phi) is 3.51. The molecule has 0 fully saturated rings. The number of nitrogens with one attached hydrogen (secondary N) is 1. The molecular weight excluding hydrogens is 198 g/mol. The Morgan fingerprint density at radius 1 is 1.00 bits per heavy atom. The van der Waals surface area contributed by atoms with Crippen LogP contribution in [0.15, 0.2) is 48.7 Å². The third-order valence-electron chi connectivity index (χ3n) is 2.41. The van der Waals surface area contributed by atoms with Gasteiger partial charge in [-0.1, -0.05) is 36.4 Å². The monoisotopic (exact) mass is 213 g/mol. The van der Waals surface area contributed by atoms with Gasteiger partial charge < -0.3 is 11.1 Å². The number of hydrogen-bond donors (Lipinski definition) is 2. The molecule has 0 saturated carbocycles. The number of aromatic nitrogens is 1. The van der Waals surface area contributed by atoms with Crippen molar-refractivity contribution < 1.29 is 0 Å². The summed E-state index contributed by atoms with van der Waals surface area (Å²) >= 11 is 0. The summed E-state index contributed by atoms with van der Waals surface area (Å²) in [5.74, 6) is 0.600. The predicted molar refractivity (Wildman–Crippen MR) is 65.6 cm³/mol. The maximum atomic E-state index is 5.75. The zero-order valence-corrected chi connectivity index (χ0v) is 9.06. The van der Waals surface area contributed by atoms with E-state index in [0.29, 0.717) is 5.82 Å². The van der Waals surface area contributed by atoms with Crippen LogP contribution >= 0.6 is 0 Å². The molecule has 0 atom stereocenters. The molecule has 0 aliphatic rings. The number of benzene rings is 1. The number of anilines is 1. The lowest BCUT2D eigenvalue weighted by Gasteiger charge is -2.06. The fourth-order valence-electron chi connectivity index (χ4n) is 1.54. The van der Waals surface area contributed by atoms with Crippen molar-refractivity contribution in [3.05, 3.63) is 59.8 Å². The second-order valence-electron chi connectivity index (χ2n) is 3.64. The molecule has 0 aliphatic carbocycles. The molecule has 16 heavy (non-hydrogen) atoms. The van der Waals surface area contributed by atoms with Gasteiger partial charge in [-0.05, 0) is 11.6 Å². The number of nitrogens with zero attached hydrogens (tertiary/aromatic N) is 1. The van der Waals surface area contributed by atoms with Crippen molar-refractivity contribution in [2.45, 2.75) is 13.1 Å². The lowest BCUT2D eigenvalue weighted by atomic mass is 10.2. The summed E-state index contributed by atoms with van der Waals surface area (Å²) in [6.45, 7) is 1.59. The van der Waals surface area contributed by atoms with Crippen molar-refractivity contribution in [2.24, 2.45) is 0 Å². The third kappa shape index (κ3) is 2.81. The van der Waals surface area contributed by atoms with Gasteiger partial charge in [0, 0.05) is 24.8 Å². The molecule has 0 radical (unpaired) electrons. The minimum atomic E-state index is 0.600. The smallest absolute Gasteiger partial charge is 0.127 e. The second-order valence-corrected chi connectivity index (χ2v) is 3.64. The Hall–Kier alpha value is -1.87. The van der Waals surface area contributed by atoms with Gasteiger partial charge in [0.1, 0.15) is 5.82 Å². The fourth-order valence-corrected chi connectivity index (χ4v) is 1.54. The lowest BCUT2D eigenvalue weighted by molar-refractivity contribution is 0.693. The summed E-state index contributed by atoms with van der Waals surface area (Å²) < 4.78 is 0. The summed E-state index contributed by atoms with van der Waals surface area (Å²) in [6, 6.07) is 14.2. The Bertz CT molecular complexity index is 440. The van der Waals surface area contributed by atoms with Crippen LogP contribution in [0.1, 0.15) is 11.1 Å². The van der Waals surface area contributed by atoms with Crippen molar-refractivity contribution >= 4 is 5.82 Å². The van der Waals surface area contributed by atoms with E-state index in [2.05, 4.69) is 22.4 Å². The number of nitrogens with two attached hydrogens (primary N) is 1. The normalized spacial score (nSPS) is 10.2. The number of pyridine rings is 1. The molecule has 82 valence electrons. The van der Waals surface area contributed by atoms with E-state index in [9.17, 15) is 0 Å². The van der Waals surface area contributed by atoms with Crippen LogP contribution in [0.5, 0.6) is 0 Å². The van der Waals surface area contributed by atoms with Crippen LogP contribution in [-0.4, -0.2) is 4.98 Å². The first-order valence-corrected chi connectivity index (χ1v) is 5.30. The maximum absolute atomic E-state index is 5.75. The molecule has 3 N–H and O–H groups in total. The molecule has 0 amide bonds. The molecule has 0 bridgehead atoms. The molecule has 1 aromatic heterocycles. The Labute approximate surface area is 95.3 Å². The summed E-state index contributed by atoms with van der Waals surface area (Å²) in [5, 5.41) is 3.34. The van der Waals surface area contributed by atoms with Crippen LogP contribution in [0.25, 0.3) is 0 Å². The summed E-state index contributed by atoms with van der Waals surface area (Å²) in [6.07, 6.45) is 1.70. The lowest BCUT2D eigenvalue weighted by Crippen LogP contribution is -2.14. The van der Waals surface area contributed by atoms with Gasteiger partial charge in [0.2, 0.25) is 0 Å². The van der Waals surface area contributed by atoms with Crippen molar-refractivity contribution in [1.29, 1.82) is 0 Å². The van der Waals surface area contributed by atoms with Gasteiger partial charge in [0.15, 0.2) is 0 Å². The quantitative estimate of drug-likeness (QED) is 0.816. The fraction of sp³-hybridized carbons (Fsp3) is 0.154. The summed E-state index contributed by atoms with van der Waals surface area (Å²) in [4.78, 5) is 4.04. The zero-order valence-electron chi connectivity index (χ0n) is 9.06. The van der Waals surface area contributed by atoms with E-state index in [1.165, 1.54) is 5.56 Å². The Morgan fingerprint density at radius 2 is 1.81 bits per heavy atom. The largest absolute Gasteiger partial charge is 0.383 e.